The average Bonchev–Trinajstić information content (AvgIpc) is 3.01. The van der Waals surface area contributed by atoms with Gasteiger partial charge < -0.3 is 10.6 Å². The summed E-state index contributed by atoms with van der Waals surface area (Å²) in [5.74, 6) is 0.147. The Morgan fingerprint density at radius 3 is 2.44 bits per heavy atom. The zero-order valence-electron chi connectivity index (χ0n) is 9.84. The summed E-state index contributed by atoms with van der Waals surface area (Å²) < 4.78 is 0. The molecule has 0 spiro atoms. The van der Waals surface area contributed by atoms with Gasteiger partial charge in [-0.05, 0) is 37.6 Å². The molecule has 0 saturated heterocycles. The van der Waals surface area contributed by atoms with E-state index in [0.717, 1.165) is 25.1 Å². The molecule has 1 aliphatic carbocycles. The molecule has 16 heavy (non-hydrogen) atoms. The van der Waals surface area contributed by atoms with E-state index in [-0.39, 0.29) is 11.3 Å². The maximum atomic E-state index is 11.8. The lowest BCUT2D eigenvalue weighted by atomic mass is 10.1. The monoisotopic (exact) mass is 218 g/mol. The van der Waals surface area contributed by atoms with Crippen LogP contribution in [0.25, 0.3) is 0 Å². The minimum absolute atomic E-state index is 0.107. The highest BCUT2D eigenvalue weighted by atomic mass is 16.2. The molecule has 3 heteroatoms. The molecule has 0 bridgehead atoms. The first-order valence-corrected chi connectivity index (χ1v) is 5.69. The second kappa shape index (κ2) is 4.26. The standard InChI is InChI=1S/C13H18N2O/c1-13(7-8-13)12(16)15-11-5-3-10(4-6-11)9-14-2/h3-6,14H,7-9H2,1-2H3,(H,15,16). The lowest BCUT2D eigenvalue weighted by Gasteiger charge is -2.10. The van der Waals surface area contributed by atoms with E-state index < -0.39 is 0 Å². The molecule has 1 fully saturated rings. The van der Waals surface area contributed by atoms with E-state index >= 15 is 0 Å². The van der Waals surface area contributed by atoms with Gasteiger partial charge in [0.05, 0.1) is 0 Å². The number of anilines is 1. The van der Waals surface area contributed by atoms with Gasteiger partial charge in [0.15, 0.2) is 0 Å². The third kappa shape index (κ3) is 2.42. The van der Waals surface area contributed by atoms with E-state index in [2.05, 4.69) is 10.6 Å². The molecule has 2 N–H and O–H groups in total. The predicted molar refractivity (Wildman–Crippen MR) is 65.2 cm³/mol. The minimum atomic E-state index is -0.107. The second-order valence-corrected chi connectivity index (χ2v) is 4.74. The highest BCUT2D eigenvalue weighted by Gasteiger charge is 2.44. The number of carbonyl (C=O) groups excluding carboxylic acids is 1. The van der Waals surface area contributed by atoms with Crippen molar-refractivity contribution >= 4 is 11.6 Å². The first kappa shape index (κ1) is 11.1. The Labute approximate surface area is 96.2 Å². The zero-order chi connectivity index (χ0) is 11.6. The summed E-state index contributed by atoms with van der Waals surface area (Å²) in [7, 11) is 1.92. The van der Waals surface area contributed by atoms with Crippen LogP contribution < -0.4 is 10.6 Å². The molecule has 1 aromatic rings. The molecule has 86 valence electrons. The van der Waals surface area contributed by atoms with Crippen LogP contribution in [0.3, 0.4) is 0 Å². The molecule has 3 nitrogen and oxygen atoms in total. The van der Waals surface area contributed by atoms with Gasteiger partial charge in [0, 0.05) is 17.6 Å². The summed E-state index contributed by atoms with van der Waals surface area (Å²) in [6.07, 6.45) is 2.02. The Morgan fingerprint density at radius 1 is 1.31 bits per heavy atom. The summed E-state index contributed by atoms with van der Waals surface area (Å²) >= 11 is 0. The van der Waals surface area contributed by atoms with E-state index in [0.29, 0.717) is 0 Å². The molecule has 1 amide bonds. The Morgan fingerprint density at radius 2 is 1.94 bits per heavy atom. The molecule has 1 aliphatic rings. The van der Waals surface area contributed by atoms with Gasteiger partial charge in [0.2, 0.25) is 5.91 Å². The van der Waals surface area contributed by atoms with Crippen LogP contribution in [0, 0.1) is 5.41 Å². The molecular weight excluding hydrogens is 200 g/mol. The van der Waals surface area contributed by atoms with Crippen molar-refractivity contribution in [3.8, 4) is 0 Å². The largest absolute Gasteiger partial charge is 0.326 e. The van der Waals surface area contributed by atoms with Crippen LogP contribution >= 0.6 is 0 Å². The smallest absolute Gasteiger partial charge is 0.230 e. The lowest BCUT2D eigenvalue weighted by Crippen LogP contribution is -2.21. The third-order valence-electron chi connectivity index (χ3n) is 3.14. The van der Waals surface area contributed by atoms with Gasteiger partial charge in [0.25, 0.3) is 0 Å². The van der Waals surface area contributed by atoms with Crippen molar-refractivity contribution in [1.82, 2.24) is 5.32 Å². The van der Waals surface area contributed by atoms with E-state index in [9.17, 15) is 4.79 Å². The van der Waals surface area contributed by atoms with E-state index in [4.69, 9.17) is 0 Å². The van der Waals surface area contributed by atoms with Crippen molar-refractivity contribution in [1.29, 1.82) is 0 Å². The Bertz CT molecular complexity index is 379. The highest BCUT2D eigenvalue weighted by molar-refractivity contribution is 5.96. The molecular formula is C13H18N2O. The SMILES string of the molecule is CNCc1ccc(NC(=O)C2(C)CC2)cc1. The molecule has 0 aliphatic heterocycles. The van der Waals surface area contributed by atoms with Gasteiger partial charge in [-0.2, -0.15) is 0 Å². The van der Waals surface area contributed by atoms with Crippen molar-refractivity contribution in [2.45, 2.75) is 26.3 Å². The Balaban J connectivity index is 1.97. The second-order valence-electron chi connectivity index (χ2n) is 4.74. The molecule has 0 heterocycles. The van der Waals surface area contributed by atoms with E-state index in [1.54, 1.807) is 0 Å². The number of benzene rings is 1. The topological polar surface area (TPSA) is 41.1 Å². The van der Waals surface area contributed by atoms with Crippen molar-refractivity contribution in [2.24, 2.45) is 5.41 Å². The van der Waals surface area contributed by atoms with Gasteiger partial charge in [-0.1, -0.05) is 19.1 Å². The Hall–Kier alpha value is -1.35. The molecule has 0 aromatic heterocycles. The van der Waals surface area contributed by atoms with Crippen LogP contribution in [0.15, 0.2) is 24.3 Å². The van der Waals surface area contributed by atoms with E-state index in [1.165, 1.54) is 5.56 Å². The number of nitrogens with one attached hydrogen (secondary N) is 2. The van der Waals surface area contributed by atoms with Crippen LogP contribution in [0.2, 0.25) is 0 Å². The van der Waals surface area contributed by atoms with Gasteiger partial charge in [0.1, 0.15) is 0 Å². The van der Waals surface area contributed by atoms with Crippen LogP contribution in [0.1, 0.15) is 25.3 Å². The van der Waals surface area contributed by atoms with Crippen molar-refractivity contribution < 1.29 is 4.79 Å². The zero-order valence-corrected chi connectivity index (χ0v) is 9.84. The van der Waals surface area contributed by atoms with E-state index in [1.807, 2.05) is 38.2 Å². The third-order valence-corrected chi connectivity index (χ3v) is 3.14. The van der Waals surface area contributed by atoms with Gasteiger partial charge in [-0.15, -0.1) is 0 Å². The minimum Gasteiger partial charge on any atom is -0.326 e. The van der Waals surface area contributed by atoms with Gasteiger partial charge in [-0.25, -0.2) is 0 Å². The number of carbonyl (C=O) groups is 1. The molecule has 1 saturated carbocycles. The van der Waals surface area contributed by atoms with Crippen LogP contribution in [-0.2, 0) is 11.3 Å². The quantitative estimate of drug-likeness (QED) is 0.813. The van der Waals surface area contributed by atoms with Gasteiger partial charge in [-0.3, -0.25) is 4.79 Å². The number of amides is 1. The number of hydrogen-bond acceptors (Lipinski definition) is 2. The predicted octanol–water partition coefficient (Wildman–Crippen LogP) is 2.14. The summed E-state index contributed by atoms with van der Waals surface area (Å²) in [6.45, 7) is 2.86. The number of rotatable bonds is 4. The first-order chi connectivity index (χ1) is 7.64. The maximum absolute atomic E-state index is 11.8. The molecule has 0 radical (unpaired) electrons. The number of hydrogen-bond donors (Lipinski definition) is 2. The fraction of sp³-hybridized carbons (Fsp3) is 0.462. The fourth-order valence-electron chi connectivity index (χ4n) is 1.61. The summed E-state index contributed by atoms with van der Waals surface area (Å²) in [5.41, 5.74) is 2.00. The summed E-state index contributed by atoms with van der Waals surface area (Å²) in [5, 5.41) is 6.05. The molecule has 1 aromatic carbocycles. The van der Waals surface area contributed by atoms with Crippen LogP contribution in [0.4, 0.5) is 5.69 Å². The summed E-state index contributed by atoms with van der Waals surface area (Å²) in [6, 6.07) is 7.97. The van der Waals surface area contributed by atoms with Crippen molar-refractivity contribution in [2.75, 3.05) is 12.4 Å². The van der Waals surface area contributed by atoms with Gasteiger partial charge >= 0.3 is 0 Å². The molecule has 0 unspecified atom stereocenters. The normalized spacial score (nSPS) is 16.9. The van der Waals surface area contributed by atoms with Crippen LogP contribution in [0.5, 0.6) is 0 Å². The average molecular weight is 218 g/mol. The highest BCUT2D eigenvalue weighted by Crippen LogP contribution is 2.45. The maximum Gasteiger partial charge on any atom is 0.230 e. The fourth-order valence-corrected chi connectivity index (χ4v) is 1.61. The summed E-state index contributed by atoms with van der Waals surface area (Å²) in [4.78, 5) is 11.8. The van der Waals surface area contributed by atoms with Crippen LogP contribution in [-0.4, -0.2) is 13.0 Å². The lowest BCUT2D eigenvalue weighted by molar-refractivity contribution is -0.120. The molecule has 0 atom stereocenters. The molecule has 2 rings (SSSR count). The van der Waals surface area contributed by atoms with Crippen molar-refractivity contribution in [3.63, 3.8) is 0 Å². The van der Waals surface area contributed by atoms with Crippen molar-refractivity contribution in [3.05, 3.63) is 29.8 Å². The Kier molecular flexibility index (Phi) is 2.97. The first-order valence-electron chi connectivity index (χ1n) is 5.69.